The molecule has 162 valence electrons. The van der Waals surface area contributed by atoms with Gasteiger partial charge in [0.15, 0.2) is 0 Å². The lowest BCUT2D eigenvalue weighted by atomic mass is 9.95. The van der Waals surface area contributed by atoms with Gasteiger partial charge >= 0.3 is 0 Å². The predicted octanol–water partition coefficient (Wildman–Crippen LogP) is 3.79. The number of halogens is 2. The molecule has 1 aliphatic rings. The second kappa shape index (κ2) is 11.0. The first kappa shape index (κ1) is 25.5. The maximum atomic E-state index is 13.3. The van der Waals surface area contributed by atoms with Crippen LogP contribution in [0.3, 0.4) is 0 Å². The maximum Gasteiger partial charge on any atom is 0.226 e. The van der Waals surface area contributed by atoms with Gasteiger partial charge < -0.3 is 10.2 Å². The number of piperazine rings is 1. The molecule has 0 aliphatic carbocycles. The van der Waals surface area contributed by atoms with Gasteiger partial charge in [-0.25, -0.2) is 0 Å². The highest BCUT2D eigenvalue weighted by atomic mass is 35.5. The van der Waals surface area contributed by atoms with E-state index < -0.39 is 0 Å². The van der Waals surface area contributed by atoms with Crippen LogP contribution in [-0.4, -0.2) is 40.2 Å². The van der Waals surface area contributed by atoms with Gasteiger partial charge in [-0.1, -0.05) is 38.1 Å². The second-order valence-corrected chi connectivity index (χ2v) is 7.72. The monoisotopic (exact) mass is 440 g/mol. The van der Waals surface area contributed by atoms with E-state index in [1.165, 1.54) is 16.7 Å². The first-order valence-corrected chi connectivity index (χ1v) is 10.0. The first-order chi connectivity index (χ1) is 12.9. The van der Waals surface area contributed by atoms with E-state index in [1.54, 1.807) is 0 Å². The van der Waals surface area contributed by atoms with Crippen molar-refractivity contribution in [2.75, 3.05) is 19.6 Å². The summed E-state index contributed by atoms with van der Waals surface area (Å²) < 4.78 is 1.91. The molecule has 2 unspecified atom stereocenters. The van der Waals surface area contributed by atoms with Gasteiger partial charge in [0, 0.05) is 38.3 Å². The van der Waals surface area contributed by atoms with E-state index in [0.29, 0.717) is 0 Å². The van der Waals surface area contributed by atoms with Crippen molar-refractivity contribution >= 4 is 30.7 Å². The lowest BCUT2D eigenvalue weighted by Gasteiger charge is -2.38. The molecule has 7 heteroatoms. The number of hydrogen-bond donors (Lipinski definition) is 1. The van der Waals surface area contributed by atoms with Gasteiger partial charge in [0.2, 0.25) is 5.91 Å². The third-order valence-electron chi connectivity index (χ3n) is 5.89. The summed E-state index contributed by atoms with van der Waals surface area (Å²) in [5.74, 6) is 0.186. The van der Waals surface area contributed by atoms with Crippen LogP contribution in [0.25, 0.3) is 0 Å². The lowest BCUT2D eigenvalue weighted by molar-refractivity contribution is -0.138. The smallest absolute Gasteiger partial charge is 0.226 e. The van der Waals surface area contributed by atoms with Gasteiger partial charge in [0.25, 0.3) is 0 Å². The molecule has 0 spiro atoms. The van der Waals surface area contributed by atoms with Crippen LogP contribution in [0.4, 0.5) is 0 Å². The fraction of sp³-hybridized carbons (Fsp3) is 0.545. The molecule has 2 aromatic rings. The Morgan fingerprint density at radius 3 is 2.45 bits per heavy atom. The van der Waals surface area contributed by atoms with E-state index in [0.717, 1.165) is 43.9 Å². The zero-order valence-electron chi connectivity index (χ0n) is 18.1. The fourth-order valence-electron chi connectivity index (χ4n) is 4.03. The van der Waals surface area contributed by atoms with Crippen molar-refractivity contribution in [3.8, 4) is 0 Å². The molecule has 5 nitrogen and oxygen atoms in total. The molecule has 3 rings (SSSR count). The summed E-state index contributed by atoms with van der Waals surface area (Å²) >= 11 is 0. The van der Waals surface area contributed by atoms with Gasteiger partial charge in [-0.2, -0.15) is 5.10 Å². The summed E-state index contributed by atoms with van der Waals surface area (Å²) in [7, 11) is 1.96. The Hall–Kier alpha value is -1.56. The van der Waals surface area contributed by atoms with Gasteiger partial charge in [-0.15, -0.1) is 24.8 Å². The molecule has 1 fully saturated rings. The summed E-state index contributed by atoms with van der Waals surface area (Å²) in [5, 5.41) is 7.95. The normalized spacial score (nSPS) is 17.3. The molecule has 1 aromatic heterocycles. The van der Waals surface area contributed by atoms with Crippen molar-refractivity contribution in [3.63, 3.8) is 0 Å². The summed E-state index contributed by atoms with van der Waals surface area (Å²) in [4.78, 5) is 15.4. The Kier molecular flexibility index (Phi) is 9.66. The zero-order chi connectivity index (χ0) is 19.6. The van der Waals surface area contributed by atoms with E-state index in [1.807, 2.05) is 25.6 Å². The maximum absolute atomic E-state index is 13.3. The van der Waals surface area contributed by atoms with E-state index in [2.05, 4.69) is 53.4 Å². The van der Waals surface area contributed by atoms with Crippen molar-refractivity contribution in [2.45, 2.75) is 46.6 Å². The summed E-state index contributed by atoms with van der Waals surface area (Å²) in [5.41, 5.74) is 5.93. The van der Waals surface area contributed by atoms with Crippen LogP contribution < -0.4 is 5.32 Å². The summed E-state index contributed by atoms with van der Waals surface area (Å²) in [6, 6.07) is 8.82. The number of hydrogen-bond acceptors (Lipinski definition) is 3. The topological polar surface area (TPSA) is 50.2 Å². The molecule has 29 heavy (non-hydrogen) atoms. The van der Waals surface area contributed by atoms with Gasteiger partial charge in [0.05, 0.1) is 11.7 Å². The number of nitrogens with zero attached hydrogens (tertiary/aromatic N) is 3. The average molecular weight is 441 g/mol. The second-order valence-electron chi connectivity index (χ2n) is 7.72. The Bertz CT molecular complexity index is 804. The van der Waals surface area contributed by atoms with Gasteiger partial charge in [-0.05, 0) is 43.4 Å². The van der Waals surface area contributed by atoms with Crippen LogP contribution >= 0.6 is 24.8 Å². The van der Waals surface area contributed by atoms with Crippen LogP contribution in [0.5, 0.6) is 0 Å². The van der Waals surface area contributed by atoms with E-state index in [4.69, 9.17) is 0 Å². The molecule has 1 aromatic carbocycles. The van der Waals surface area contributed by atoms with Crippen molar-refractivity contribution in [3.05, 3.63) is 52.3 Å². The lowest BCUT2D eigenvalue weighted by Crippen LogP contribution is -2.50. The number of aromatic nitrogens is 2. The molecule has 0 saturated carbocycles. The number of benzene rings is 1. The minimum atomic E-state index is -0.0536. The number of amides is 1. The SMILES string of the molecule is CCc1ccc(C2CNCCN2C(=O)C(C)Cc2c(C)nn(C)c2C)cc1.Cl.Cl. The molecular weight excluding hydrogens is 407 g/mol. The van der Waals surface area contributed by atoms with E-state index in [9.17, 15) is 4.79 Å². The molecule has 1 N–H and O–H groups in total. The van der Waals surface area contributed by atoms with Crippen molar-refractivity contribution < 1.29 is 4.79 Å². The number of nitrogens with one attached hydrogen (secondary N) is 1. The molecule has 2 atom stereocenters. The van der Waals surface area contributed by atoms with Crippen LogP contribution in [0.2, 0.25) is 0 Å². The Morgan fingerprint density at radius 1 is 1.24 bits per heavy atom. The minimum absolute atomic E-state index is 0. The van der Waals surface area contributed by atoms with Crippen molar-refractivity contribution in [1.29, 1.82) is 0 Å². The van der Waals surface area contributed by atoms with Crippen LogP contribution in [0.15, 0.2) is 24.3 Å². The molecule has 2 heterocycles. The first-order valence-electron chi connectivity index (χ1n) is 10.0. The van der Waals surface area contributed by atoms with Crippen molar-refractivity contribution in [2.24, 2.45) is 13.0 Å². The molecule has 1 aliphatic heterocycles. The molecule has 1 saturated heterocycles. The highest BCUT2D eigenvalue weighted by molar-refractivity contribution is 5.85. The van der Waals surface area contributed by atoms with Gasteiger partial charge in [-0.3, -0.25) is 9.48 Å². The third-order valence-corrected chi connectivity index (χ3v) is 5.89. The summed E-state index contributed by atoms with van der Waals surface area (Å²) in [6.07, 6.45) is 1.78. The molecule has 0 radical (unpaired) electrons. The standard InChI is InChI=1S/C22H32N4O.2ClH/c1-6-18-7-9-19(10-8-18)21-14-23-11-12-26(21)22(27)15(2)13-20-16(3)24-25(5)17(20)4;;/h7-10,15,21,23H,6,11-14H2,1-5H3;2*1H. The van der Waals surface area contributed by atoms with E-state index >= 15 is 0 Å². The Balaban J connectivity index is 0.00000210. The number of carbonyl (C=O) groups is 1. The quantitative estimate of drug-likeness (QED) is 0.768. The molecule has 0 bridgehead atoms. The molecular formula is C22H34Cl2N4O. The van der Waals surface area contributed by atoms with Crippen LogP contribution in [-0.2, 0) is 24.7 Å². The summed E-state index contributed by atoms with van der Waals surface area (Å²) in [6.45, 7) is 10.7. The third kappa shape index (κ3) is 5.53. The largest absolute Gasteiger partial charge is 0.333 e. The fourth-order valence-corrected chi connectivity index (χ4v) is 4.03. The predicted molar refractivity (Wildman–Crippen MR) is 123 cm³/mol. The van der Waals surface area contributed by atoms with Gasteiger partial charge in [0.1, 0.15) is 0 Å². The van der Waals surface area contributed by atoms with Crippen LogP contribution in [0, 0.1) is 19.8 Å². The Labute approximate surface area is 187 Å². The highest BCUT2D eigenvalue weighted by Gasteiger charge is 2.31. The number of carbonyl (C=O) groups excluding carboxylic acids is 1. The minimum Gasteiger partial charge on any atom is -0.333 e. The zero-order valence-corrected chi connectivity index (χ0v) is 19.7. The van der Waals surface area contributed by atoms with E-state index in [-0.39, 0.29) is 42.7 Å². The number of aryl methyl sites for hydroxylation is 3. The highest BCUT2D eigenvalue weighted by Crippen LogP contribution is 2.26. The van der Waals surface area contributed by atoms with Crippen molar-refractivity contribution in [1.82, 2.24) is 20.0 Å². The average Bonchev–Trinajstić information content (AvgIpc) is 2.93. The Morgan fingerprint density at radius 2 is 1.90 bits per heavy atom. The number of rotatable bonds is 5. The molecule has 1 amide bonds. The van der Waals surface area contributed by atoms with Crippen LogP contribution in [0.1, 0.15) is 48.0 Å².